The van der Waals surface area contributed by atoms with Gasteiger partial charge in [-0.2, -0.15) is 0 Å². The van der Waals surface area contributed by atoms with E-state index >= 15 is 0 Å². The van der Waals surface area contributed by atoms with E-state index < -0.39 is 5.97 Å². The summed E-state index contributed by atoms with van der Waals surface area (Å²) in [6.45, 7) is 4.14. The molecule has 0 bridgehead atoms. The van der Waals surface area contributed by atoms with Crippen molar-refractivity contribution < 1.29 is 9.90 Å². The van der Waals surface area contributed by atoms with E-state index in [2.05, 4.69) is 13.8 Å². The van der Waals surface area contributed by atoms with Crippen molar-refractivity contribution in [1.82, 2.24) is 0 Å². The topological polar surface area (TPSA) is 40.1 Å². The van der Waals surface area contributed by atoms with Gasteiger partial charge >= 0.3 is 0 Å². The SMILES string of the molecule is CCC(CC)c1ccccc1C(=O)[O-]. The Morgan fingerprint density at radius 3 is 2.36 bits per heavy atom. The number of carbonyl (C=O) groups is 1. The fraction of sp³-hybridized carbons (Fsp3) is 0.417. The van der Waals surface area contributed by atoms with Crippen LogP contribution in [0.4, 0.5) is 0 Å². The maximum Gasteiger partial charge on any atom is 0.0718 e. The zero-order valence-electron chi connectivity index (χ0n) is 8.62. The molecule has 0 saturated heterocycles. The van der Waals surface area contributed by atoms with Gasteiger partial charge in [0.2, 0.25) is 0 Å². The Bertz CT molecular complexity index is 314. The van der Waals surface area contributed by atoms with Crippen molar-refractivity contribution in [1.29, 1.82) is 0 Å². The average molecular weight is 191 g/mol. The molecule has 14 heavy (non-hydrogen) atoms. The van der Waals surface area contributed by atoms with Crippen LogP contribution < -0.4 is 5.11 Å². The molecule has 0 fully saturated rings. The van der Waals surface area contributed by atoms with Crippen LogP contribution in [0.5, 0.6) is 0 Å². The molecule has 1 aromatic carbocycles. The van der Waals surface area contributed by atoms with Gasteiger partial charge in [0, 0.05) is 5.56 Å². The molecule has 0 amide bonds. The summed E-state index contributed by atoms with van der Waals surface area (Å²) in [4.78, 5) is 10.8. The predicted molar refractivity (Wildman–Crippen MR) is 54.1 cm³/mol. The summed E-state index contributed by atoms with van der Waals surface area (Å²) in [7, 11) is 0. The summed E-state index contributed by atoms with van der Waals surface area (Å²) >= 11 is 0. The third-order valence-corrected chi connectivity index (χ3v) is 2.61. The quantitative estimate of drug-likeness (QED) is 0.729. The lowest BCUT2D eigenvalue weighted by atomic mass is 9.90. The van der Waals surface area contributed by atoms with E-state index in [0.29, 0.717) is 11.5 Å². The number of benzene rings is 1. The fourth-order valence-electron chi connectivity index (χ4n) is 1.77. The van der Waals surface area contributed by atoms with Crippen LogP contribution in [0.3, 0.4) is 0 Å². The highest BCUT2D eigenvalue weighted by Crippen LogP contribution is 2.25. The second kappa shape index (κ2) is 4.80. The number of rotatable bonds is 4. The molecule has 76 valence electrons. The van der Waals surface area contributed by atoms with E-state index in [4.69, 9.17) is 0 Å². The molecule has 0 spiro atoms. The van der Waals surface area contributed by atoms with Gasteiger partial charge in [-0.05, 0) is 24.3 Å². The molecule has 0 radical (unpaired) electrons. The molecule has 0 N–H and O–H groups in total. The summed E-state index contributed by atoms with van der Waals surface area (Å²) in [5.74, 6) is -0.753. The number of hydrogen-bond donors (Lipinski definition) is 0. The van der Waals surface area contributed by atoms with Gasteiger partial charge in [0.05, 0.1) is 5.97 Å². The number of aromatic carboxylic acids is 1. The lowest BCUT2D eigenvalue weighted by molar-refractivity contribution is -0.255. The molecule has 0 aliphatic rings. The normalized spacial score (nSPS) is 10.5. The van der Waals surface area contributed by atoms with Crippen molar-refractivity contribution in [2.45, 2.75) is 32.6 Å². The molecule has 2 nitrogen and oxygen atoms in total. The van der Waals surface area contributed by atoms with Crippen molar-refractivity contribution in [3.63, 3.8) is 0 Å². The van der Waals surface area contributed by atoms with Crippen molar-refractivity contribution in [2.75, 3.05) is 0 Å². The first-order valence-electron chi connectivity index (χ1n) is 5.00. The zero-order chi connectivity index (χ0) is 10.6. The Balaban J connectivity index is 3.11. The Labute approximate surface area is 84.6 Å². The number of carboxylic acid groups (broad SMARTS) is 1. The highest BCUT2D eigenvalue weighted by molar-refractivity contribution is 5.87. The monoisotopic (exact) mass is 191 g/mol. The lowest BCUT2D eigenvalue weighted by Gasteiger charge is -2.17. The van der Waals surface area contributed by atoms with Crippen LogP contribution in [0.2, 0.25) is 0 Å². The molecule has 0 unspecified atom stereocenters. The first kappa shape index (κ1) is 10.8. The van der Waals surface area contributed by atoms with Crippen molar-refractivity contribution >= 4 is 5.97 Å². The number of carbonyl (C=O) groups excluding carboxylic acids is 1. The van der Waals surface area contributed by atoms with Crippen LogP contribution in [0.15, 0.2) is 24.3 Å². The number of hydrogen-bond acceptors (Lipinski definition) is 2. The lowest BCUT2D eigenvalue weighted by Crippen LogP contribution is -2.24. The second-order valence-corrected chi connectivity index (χ2v) is 3.39. The maximum atomic E-state index is 10.8. The van der Waals surface area contributed by atoms with Crippen LogP contribution in [-0.4, -0.2) is 5.97 Å². The highest BCUT2D eigenvalue weighted by atomic mass is 16.4. The van der Waals surface area contributed by atoms with E-state index in [0.717, 1.165) is 18.4 Å². The Kier molecular flexibility index (Phi) is 3.69. The molecule has 0 aliphatic carbocycles. The Morgan fingerprint density at radius 2 is 1.86 bits per heavy atom. The zero-order valence-corrected chi connectivity index (χ0v) is 8.62. The molecular weight excluding hydrogens is 176 g/mol. The van der Waals surface area contributed by atoms with Crippen LogP contribution >= 0.6 is 0 Å². The number of carboxylic acids is 1. The minimum atomic E-state index is -1.08. The highest BCUT2D eigenvalue weighted by Gasteiger charge is 2.11. The molecular formula is C12H15O2-. The third-order valence-electron chi connectivity index (χ3n) is 2.61. The molecule has 2 heteroatoms. The van der Waals surface area contributed by atoms with Gasteiger partial charge in [0.1, 0.15) is 0 Å². The van der Waals surface area contributed by atoms with Gasteiger partial charge in [-0.15, -0.1) is 0 Å². The summed E-state index contributed by atoms with van der Waals surface area (Å²) in [6, 6.07) is 7.10. The first-order chi connectivity index (χ1) is 6.70. The predicted octanol–water partition coefficient (Wildman–Crippen LogP) is 1.95. The van der Waals surface area contributed by atoms with Crippen LogP contribution in [0.1, 0.15) is 48.5 Å². The van der Waals surface area contributed by atoms with Gasteiger partial charge in [-0.25, -0.2) is 0 Å². The molecule has 0 saturated carbocycles. The third kappa shape index (κ3) is 2.13. The minimum absolute atomic E-state index is 0.323. The Morgan fingerprint density at radius 1 is 1.29 bits per heavy atom. The summed E-state index contributed by atoms with van der Waals surface area (Å²) in [5, 5.41) is 10.8. The van der Waals surface area contributed by atoms with E-state index in [9.17, 15) is 9.90 Å². The van der Waals surface area contributed by atoms with E-state index in [1.54, 1.807) is 12.1 Å². The average Bonchev–Trinajstić information content (AvgIpc) is 2.20. The molecule has 0 heterocycles. The van der Waals surface area contributed by atoms with Crippen LogP contribution in [0.25, 0.3) is 0 Å². The van der Waals surface area contributed by atoms with Gasteiger partial charge in [0.25, 0.3) is 0 Å². The molecule has 1 aromatic rings. The summed E-state index contributed by atoms with van der Waals surface area (Å²) in [6.07, 6.45) is 1.92. The van der Waals surface area contributed by atoms with E-state index in [-0.39, 0.29) is 0 Å². The van der Waals surface area contributed by atoms with E-state index in [1.165, 1.54) is 0 Å². The van der Waals surface area contributed by atoms with Gasteiger partial charge in [-0.1, -0.05) is 38.1 Å². The first-order valence-corrected chi connectivity index (χ1v) is 5.00. The smallest absolute Gasteiger partial charge is 0.0718 e. The van der Waals surface area contributed by atoms with Crippen LogP contribution in [0, 0.1) is 0 Å². The van der Waals surface area contributed by atoms with Crippen molar-refractivity contribution in [2.24, 2.45) is 0 Å². The molecule has 0 aliphatic heterocycles. The van der Waals surface area contributed by atoms with Gasteiger partial charge in [0.15, 0.2) is 0 Å². The Hall–Kier alpha value is -1.31. The minimum Gasteiger partial charge on any atom is -0.545 e. The standard InChI is InChI=1S/C12H16O2/c1-3-9(4-2)10-7-5-6-8-11(10)12(13)14/h5-9H,3-4H2,1-2H3,(H,13,14)/p-1. The second-order valence-electron chi connectivity index (χ2n) is 3.39. The summed E-state index contributed by atoms with van der Waals surface area (Å²) in [5.41, 5.74) is 1.23. The molecule has 0 atom stereocenters. The van der Waals surface area contributed by atoms with Gasteiger partial charge in [-0.3, -0.25) is 0 Å². The van der Waals surface area contributed by atoms with Gasteiger partial charge < -0.3 is 9.90 Å². The maximum absolute atomic E-state index is 10.8. The van der Waals surface area contributed by atoms with Crippen LogP contribution in [-0.2, 0) is 0 Å². The molecule has 1 rings (SSSR count). The summed E-state index contributed by atoms with van der Waals surface area (Å²) < 4.78 is 0. The van der Waals surface area contributed by atoms with Crippen molar-refractivity contribution in [3.8, 4) is 0 Å². The van der Waals surface area contributed by atoms with E-state index in [1.807, 2.05) is 12.1 Å². The fourth-order valence-corrected chi connectivity index (χ4v) is 1.77. The largest absolute Gasteiger partial charge is 0.545 e. The van der Waals surface area contributed by atoms with Crippen molar-refractivity contribution in [3.05, 3.63) is 35.4 Å². The molecule has 0 aromatic heterocycles.